The van der Waals surface area contributed by atoms with E-state index in [1.54, 1.807) is 0 Å². The Hall–Kier alpha value is -2.45. The molecule has 2 heterocycles. The van der Waals surface area contributed by atoms with Crippen LogP contribution in [0.15, 0.2) is 72.9 Å². The lowest BCUT2D eigenvalue weighted by Gasteiger charge is -2.26. The van der Waals surface area contributed by atoms with E-state index in [-0.39, 0.29) is 0 Å². The Morgan fingerprint density at radius 1 is 0.960 bits per heavy atom. The van der Waals surface area contributed by atoms with Crippen LogP contribution in [0.3, 0.4) is 0 Å². The number of fused-ring (bicyclic) bond motifs is 1. The van der Waals surface area contributed by atoms with Crippen molar-refractivity contribution in [2.24, 2.45) is 0 Å². The molecule has 0 N–H and O–H groups in total. The molecule has 3 aromatic rings. The number of hydrogen-bond donors (Lipinski definition) is 0. The summed E-state index contributed by atoms with van der Waals surface area (Å²) in [4.78, 5) is 7.12. The van der Waals surface area contributed by atoms with Crippen molar-refractivity contribution in [2.45, 2.75) is 19.3 Å². The quantitative estimate of drug-likeness (QED) is 0.658. The van der Waals surface area contributed by atoms with Gasteiger partial charge < -0.3 is 0 Å². The summed E-state index contributed by atoms with van der Waals surface area (Å²) in [6.07, 6.45) is 7.88. The summed E-state index contributed by atoms with van der Waals surface area (Å²) in [5, 5.41) is 1.24. The Labute approximate surface area is 149 Å². The van der Waals surface area contributed by atoms with Gasteiger partial charge >= 0.3 is 0 Å². The molecule has 0 spiro atoms. The third kappa shape index (κ3) is 3.97. The molecular formula is C23H24N2. The average Bonchev–Trinajstić information content (AvgIpc) is 2.69. The van der Waals surface area contributed by atoms with Crippen LogP contribution in [-0.2, 0) is 6.42 Å². The maximum Gasteiger partial charge on any atom is 0.0702 e. The fraction of sp³-hybridized carbons (Fsp3) is 0.261. The molecule has 1 aliphatic rings. The van der Waals surface area contributed by atoms with Gasteiger partial charge in [-0.3, -0.25) is 9.88 Å². The number of pyridine rings is 1. The lowest BCUT2D eigenvalue weighted by molar-refractivity contribution is 0.298. The summed E-state index contributed by atoms with van der Waals surface area (Å²) < 4.78 is 0. The third-order valence-corrected chi connectivity index (χ3v) is 5.02. The Morgan fingerprint density at radius 3 is 2.64 bits per heavy atom. The van der Waals surface area contributed by atoms with Crippen molar-refractivity contribution in [2.75, 3.05) is 19.6 Å². The molecular weight excluding hydrogens is 304 g/mol. The molecule has 0 fully saturated rings. The first-order valence-corrected chi connectivity index (χ1v) is 9.19. The topological polar surface area (TPSA) is 16.1 Å². The zero-order valence-corrected chi connectivity index (χ0v) is 14.6. The molecule has 2 aromatic carbocycles. The van der Waals surface area contributed by atoms with E-state index < -0.39 is 0 Å². The molecule has 0 amide bonds. The molecule has 4 rings (SSSR count). The first-order chi connectivity index (χ1) is 12.4. The first kappa shape index (κ1) is 16.0. The molecule has 0 saturated carbocycles. The van der Waals surface area contributed by atoms with Crippen molar-refractivity contribution >= 4 is 16.5 Å². The van der Waals surface area contributed by atoms with E-state index in [1.807, 2.05) is 12.3 Å². The van der Waals surface area contributed by atoms with Gasteiger partial charge in [-0.1, -0.05) is 54.6 Å². The molecule has 1 aliphatic heterocycles. The maximum absolute atomic E-state index is 4.57. The highest BCUT2D eigenvalue weighted by Crippen LogP contribution is 2.22. The highest BCUT2D eigenvalue weighted by atomic mass is 15.1. The summed E-state index contributed by atoms with van der Waals surface area (Å²) in [6.45, 7) is 3.39. The molecule has 0 aliphatic carbocycles. The van der Waals surface area contributed by atoms with Gasteiger partial charge in [-0.2, -0.15) is 0 Å². The predicted molar refractivity (Wildman–Crippen MR) is 106 cm³/mol. The van der Waals surface area contributed by atoms with E-state index in [2.05, 4.69) is 70.6 Å². The number of aromatic nitrogens is 1. The Bertz CT molecular complexity index is 867. The van der Waals surface area contributed by atoms with Crippen LogP contribution >= 0.6 is 0 Å². The van der Waals surface area contributed by atoms with E-state index in [0.717, 1.165) is 38.0 Å². The number of rotatable bonds is 5. The normalized spacial score (nSPS) is 15.3. The number of benzene rings is 2. The molecule has 126 valence electrons. The molecule has 0 unspecified atom stereocenters. The Balaban J connectivity index is 1.30. The fourth-order valence-electron chi connectivity index (χ4n) is 3.59. The van der Waals surface area contributed by atoms with Gasteiger partial charge in [-0.05, 0) is 54.6 Å². The second-order valence-electron chi connectivity index (χ2n) is 6.79. The molecule has 1 aromatic heterocycles. The molecule has 2 heteroatoms. The largest absolute Gasteiger partial charge is 0.299 e. The van der Waals surface area contributed by atoms with E-state index in [0.29, 0.717) is 0 Å². The zero-order valence-electron chi connectivity index (χ0n) is 14.6. The highest BCUT2D eigenvalue weighted by molar-refractivity contribution is 5.78. The van der Waals surface area contributed by atoms with Crippen molar-refractivity contribution in [3.8, 4) is 0 Å². The lowest BCUT2D eigenvalue weighted by atomic mass is 9.99. The first-order valence-electron chi connectivity index (χ1n) is 9.19. The standard InChI is InChI=1S/C23H24N2/c1-2-8-20(9-3-1)21-12-15-25(16-13-21)14-6-7-19-17-22-10-4-5-11-23(22)24-18-19/h1-5,8-12,17-18H,6-7,13-16H2. The van der Waals surface area contributed by atoms with Gasteiger partial charge in [-0.25, -0.2) is 0 Å². The summed E-state index contributed by atoms with van der Waals surface area (Å²) in [6, 6.07) is 21.4. The van der Waals surface area contributed by atoms with Gasteiger partial charge in [-0.15, -0.1) is 0 Å². The minimum atomic E-state index is 1.07. The van der Waals surface area contributed by atoms with Crippen LogP contribution in [0.1, 0.15) is 24.0 Å². The van der Waals surface area contributed by atoms with Crippen molar-refractivity contribution in [3.05, 3.63) is 84.1 Å². The van der Waals surface area contributed by atoms with Crippen molar-refractivity contribution in [1.82, 2.24) is 9.88 Å². The van der Waals surface area contributed by atoms with Gasteiger partial charge in [0.15, 0.2) is 0 Å². The second-order valence-corrected chi connectivity index (χ2v) is 6.79. The maximum atomic E-state index is 4.57. The Morgan fingerprint density at radius 2 is 1.80 bits per heavy atom. The van der Waals surface area contributed by atoms with E-state index >= 15 is 0 Å². The zero-order chi connectivity index (χ0) is 16.9. The van der Waals surface area contributed by atoms with Crippen molar-refractivity contribution in [3.63, 3.8) is 0 Å². The number of aryl methyl sites for hydroxylation is 1. The second kappa shape index (κ2) is 7.62. The average molecular weight is 328 g/mol. The van der Waals surface area contributed by atoms with E-state index in [9.17, 15) is 0 Å². The highest BCUT2D eigenvalue weighted by Gasteiger charge is 2.12. The monoisotopic (exact) mass is 328 g/mol. The molecule has 0 radical (unpaired) electrons. The van der Waals surface area contributed by atoms with Crippen LogP contribution in [0.2, 0.25) is 0 Å². The smallest absolute Gasteiger partial charge is 0.0702 e. The summed E-state index contributed by atoms with van der Waals surface area (Å²) >= 11 is 0. The lowest BCUT2D eigenvalue weighted by Crippen LogP contribution is -2.29. The van der Waals surface area contributed by atoms with Crippen molar-refractivity contribution < 1.29 is 0 Å². The number of hydrogen-bond acceptors (Lipinski definition) is 2. The van der Waals surface area contributed by atoms with Crippen LogP contribution in [0, 0.1) is 0 Å². The minimum absolute atomic E-state index is 1.07. The van der Waals surface area contributed by atoms with Crippen LogP contribution in [0.25, 0.3) is 16.5 Å². The molecule has 0 atom stereocenters. The molecule has 2 nitrogen and oxygen atoms in total. The number of nitrogens with zero attached hydrogens (tertiary/aromatic N) is 2. The van der Waals surface area contributed by atoms with Crippen LogP contribution in [0.5, 0.6) is 0 Å². The van der Waals surface area contributed by atoms with Gasteiger partial charge in [0.2, 0.25) is 0 Å². The van der Waals surface area contributed by atoms with Gasteiger partial charge in [0.25, 0.3) is 0 Å². The van der Waals surface area contributed by atoms with E-state index in [1.165, 1.54) is 28.5 Å². The van der Waals surface area contributed by atoms with Crippen LogP contribution in [0.4, 0.5) is 0 Å². The fourth-order valence-corrected chi connectivity index (χ4v) is 3.59. The summed E-state index contributed by atoms with van der Waals surface area (Å²) in [5.41, 5.74) is 5.30. The number of para-hydroxylation sites is 1. The third-order valence-electron chi connectivity index (χ3n) is 5.02. The summed E-state index contributed by atoms with van der Waals surface area (Å²) in [5.74, 6) is 0. The Kier molecular flexibility index (Phi) is 4.89. The molecule has 25 heavy (non-hydrogen) atoms. The van der Waals surface area contributed by atoms with E-state index in [4.69, 9.17) is 0 Å². The van der Waals surface area contributed by atoms with Crippen LogP contribution < -0.4 is 0 Å². The molecule has 0 saturated heterocycles. The minimum Gasteiger partial charge on any atom is -0.299 e. The SMILES string of the molecule is C1=C(c2ccccc2)CCN(CCCc2cnc3ccccc3c2)C1. The van der Waals surface area contributed by atoms with Gasteiger partial charge in [0.05, 0.1) is 5.52 Å². The van der Waals surface area contributed by atoms with Gasteiger partial charge in [0, 0.05) is 24.7 Å². The van der Waals surface area contributed by atoms with Gasteiger partial charge in [0.1, 0.15) is 0 Å². The summed E-state index contributed by atoms with van der Waals surface area (Å²) in [7, 11) is 0. The predicted octanol–water partition coefficient (Wildman–Crippen LogP) is 4.96. The van der Waals surface area contributed by atoms with Crippen molar-refractivity contribution in [1.29, 1.82) is 0 Å². The van der Waals surface area contributed by atoms with Crippen LogP contribution in [-0.4, -0.2) is 29.5 Å². The molecule has 0 bridgehead atoms.